The lowest BCUT2D eigenvalue weighted by Crippen LogP contribution is -2.02. The van der Waals surface area contributed by atoms with Gasteiger partial charge in [0.25, 0.3) is 0 Å². The molecule has 0 spiro atoms. The Morgan fingerprint density at radius 1 is 1.38 bits per heavy atom. The Hall–Kier alpha value is -1.62. The summed E-state index contributed by atoms with van der Waals surface area (Å²) in [4.78, 5) is 9.50. The molecular weight excluding hydrogens is 222 g/mol. The van der Waals surface area contributed by atoms with Gasteiger partial charge in [-0.25, -0.2) is 9.97 Å². The van der Waals surface area contributed by atoms with Gasteiger partial charge in [0.1, 0.15) is 0 Å². The second-order valence-electron chi connectivity index (χ2n) is 3.39. The van der Waals surface area contributed by atoms with E-state index in [-0.39, 0.29) is 0 Å². The second-order valence-corrected chi connectivity index (χ2v) is 4.33. The van der Waals surface area contributed by atoms with Crippen LogP contribution in [-0.2, 0) is 6.42 Å². The van der Waals surface area contributed by atoms with Gasteiger partial charge < -0.3 is 10.5 Å². The summed E-state index contributed by atoms with van der Waals surface area (Å²) in [5.74, 6) is 0.608. The molecule has 0 aliphatic carbocycles. The molecule has 2 aromatic heterocycles. The lowest BCUT2D eigenvalue weighted by molar-refractivity contribution is 0.310. The molecule has 0 aromatic carbocycles. The van der Waals surface area contributed by atoms with Gasteiger partial charge in [-0.3, -0.25) is 0 Å². The van der Waals surface area contributed by atoms with E-state index in [0.717, 1.165) is 12.1 Å². The molecule has 4 nitrogen and oxygen atoms in total. The first-order valence-corrected chi connectivity index (χ1v) is 5.87. The molecule has 2 aromatic rings. The van der Waals surface area contributed by atoms with Crippen molar-refractivity contribution >= 4 is 17.0 Å². The highest BCUT2D eigenvalue weighted by Crippen LogP contribution is 2.14. The number of aryl methyl sites for hydroxylation is 1. The van der Waals surface area contributed by atoms with Gasteiger partial charge in [0, 0.05) is 17.4 Å². The number of anilines is 1. The standard InChI is InChI=1S/C11H13N3OS/c1-8-10(16-7-14-8)4-5-15-11-3-2-9(12)6-13-11/h2-3,6-7H,4-5,12H2,1H3. The molecule has 2 heterocycles. The topological polar surface area (TPSA) is 61.0 Å². The number of nitrogen functional groups attached to an aromatic ring is 1. The van der Waals surface area contributed by atoms with E-state index in [4.69, 9.17) is 10.5 Å². The van der Waals surface area contributed by atoms with Crippen molar-refractivity contribution in [2.24, 2.45) is 0 Å². The molecule has 0 atom stereocenters. The predicted molar refractivity (Wildman–Crippen MR) is 64.7 cm³/mol. The third kappa shape index (κ3) is 2.70. The fraction of sp³-hybridized carbons (Fsp3) is 0.273. The zero-order chi connectivity index (χ0) is 11.4. The maximum absolute atomic E-state index is 5.53. The quantitative estimate of drug-likeness (QED) is 0.881. The molecule has 0 fully saturated rings. The van der Waals surface area contributed by atoms with Crippen molar-refractivity contribution in [3.8, 4) is 5.88 Å². The number of thiazole rings is 1. The van der Waals surface area contributed by atoms with Crippen molar-refractivity contribution in [2.45, 2.75) is 13.3 Å². The number of pyridine rings is 1. The molecule has 0 saturated heterocycles. The van der Waals surface area contributed by atoms with Crippen LogP contribution in [0.1, 0.15) is 10.6 Å². The first kappa shape index (κ1) is 10.9. The van der Waals surface area contributed by atoms with E-state index in [1.807, 2.05) is 12.4 Å². The van der Waals surface area contributed by atoms with E-state index in [9.17, 15) is 0 Å². The van der Waals surface area contributed by atoms with E-state index in [0.29, 0.717) is 18.2 Å². The molecule has 84 valence electrons. The number of aromatic nitrogens is 2. The van der Waals surface area contributed by atoms with Gasteiger partial charge in [-0.05, 0) is 13.0 Å². The molecule has 0 radical (unpaired) electrons. The maximum atomic E-state index is 5.53. The lowest BCUT2D eigenvalue weighted by atomic mass is 10.3. The van der Waals surface area contributed by atoms with E-state index < -0.39 is 0 Å². The van der Waals surface area contributed by atoms with Crippen LogP contribution in [0, 0.1) is 6.92 Å². The van der Waals surface area contributed by atoms with Gasteiger partial charge in [-0.1, -0.05) is 0 Å². The molecule has 0 bridgehead atoms. The second kappa shape index (κ2) is 4.94. The van der Waals surface area contributed by atoms with Crippen LogP contribution in [0.15, 0.2) is 23.8 Å². The van der Waals surface area contributed by atoms with E-state index >= 15 is 0 Å². The first-order valence-electron chi connectivity index (χ1n) is 4.99. The van der Waals surface area contributed by atoms with Gasteiger partial charge >= 0.3 is 0 Å². The van der Waals surface area contributed by atoms with Crippen LogP contribution in [0.25, 0.3) is 0 Å². The SMILES string of the molecule is Cc1ncsc1CCOc1ccc(N)cn1. The smallest absolute Gasteiger partial charge is 0.213 e. The highest BCUT2D eigenvalue weighted by atomic mass is 32.1. The molecular formula is C11H13N3OS. The van der Waals surface area contributed by atoms with E-state index in [1.165, 1.54) is 4.88 Å². The monoisotopic (exact) mass is 235 g/mol. The molecule has 0 aliphatic heterocycles. The minimum atomic E-state index is 0.608. The molecule has 0 amide bonds. The van der Waals surface area contributed by atoms with Crippen LogP contribution in [0.4, 0.5) is 5.69 Å². The molecule has 5 heteroatoms. The van der Waals surface area contributed by atoms with Gasteiger partial charge in [0.05, 0.1) is 29.7 Å². The van der Waals surface area contributed by atoms with Crippen LogP contribution < -0.4 is 10.5 Å². The summed E-state index contributed by atoms with van der Waals surface area (Å²) < 4.78 is 5.50. The largest absolute Gasteiger partial charge is 0.477 e. The number of hydrogen-bond acceptors (Lipinski definition) is 5. The van der Waals surface area contributed by atoms with Crippen LogP contribution >= 0.6 is 11.3 Å². The average molecular weight is 235 g/mol. The van der Waals surface area contributed by atoms with E-state index in [2.05, 4.69) is 9.97 Å². The molecule has 2 N–H and O–H groups in total. The van der Waals surface area contributed by atoms with Crippen molar-refractivity contribution in [2.75, 3.05) is 12.3 Å². The average Bonchev–Trinajstić information content (AvgIpc) is 2.68. The number of rotatable bonds is 4. The first-order chi connectivity index (χ1) is 7.75. The number of ether oxygens (including phenoxy) is 1. The Bertz CT molecular complexity index is 453. The maximum Gasteiger partial charge on any atom is 0.213 e. The van der Waals surface area contributed by atoms with Gasteiger partial charge in [0.15, 0.2) is 0 Å². The summed E-state index contributed by atoms with van der Waals surface area (Å²) in [6.45, 7) is 2.62. The molecule has 0 saturated carbocycles. The van der Waals surface area contributed by atoms with Crippen LogP contribution in [0.5, 0.6) is 5.88 Å². The fourth-order valence-electron chi connectivity index (χ4n) is 1.29. The molecule has 0 aliphatic rings. The van der Waals surface area contributed by atoms with Crippen molar-refractivity contribution in [1.82, 2.24) is 9.97 Å². The minimum absolute atomic E-state index is 0.608. The highest BCUT2D eigenvalue weighted by molar-refractivity contribution is 7.09. The Labute approximate surface area is 98.1 Å². The predicted octanol–water partition coefficient (Wildman–Crippen LogP) is 2.05. The van der Waals surface area contributed by atoms with Crippen LogP contribution in [0.3, 0.4) is 0 Å². The van der Waals surface area contributed by atoms with Gasteiger partial charge in [0.2, 0.25) is 5.88 Å². The number of nitrogens with two attached hydrogens (primary N) is 1. The zero-order valence-electron chi connectivity index (χ0n) is 9.01. The summed E-state index contributed by atoms with van der Waals surface area (Å²) in [7, 11) is 0. The summed E-state index contributed by atoms with van der Waals surface area (Å²) in [6, 6.07) is 3.55. The van der Waals surface area contributed by atoms with E-state index in [1.54, 1.807) is 29.7 Å². The normalized spacial score (nSPS) is 10.3. The van der Waals surface area contributed by atoms with Gasteiger partial charge in [-0.2, -0.15) is 0 Å². The molecule has 2 rings (SSSR count). The Morgan fingerprint density at radius 2 is 2.25 bits per heavy atom. The Morgan fingerprint density at radius 3 is 2.88 bits per heavy atom. The zero-order valence-corrected chi connectivity index (χ0v) is 9.83. The highest BCUT2D eigenvalue weighted by Gasteiger charge is 2.01. The third-order valence-electron chi connectivity index (χ3n) is 2.18. The summed E-state index contributed by atoms with van der Waals surface area (Å²) in [5.41, 5.74) is 9.11. The van der Waals surface area contributed by atoms with Crippen molar-refractivity contribution in [3.63, 3.8) is 0 Å². The van der Waals surface area contributed by atoms with Crippen molar-refractivity contribution in [1.29, 1.82) is 0 Å². The molecule has 16 heavy (non-hydrogen) atoms. The third-order valence-corrected chi connectivity index (χ3v) is 3.18. The van der Waals surface area contributed by atoms with Gasteiger partial charge in [-0.15, -0.1) is 11.3 Å². The van der Waals surface area contributed by atoms with Crippen molar-refractivity contribution in [3.05, 3.63) is 34.4 Å². The fourth-order valence-corrected chi connectivity index (χ4v) is 2.05. The minimum Gasteiger partial charge on any atom is -0.477 e. The summed E-state index contributed by atoms with van der Waals surface area (Å²) >= 11 is 1.66. The molecule has 0 unspecified atom stereocenters. The summed E-state index contributed by atoms with van der Waals surface area (Å²) in [5, 5.41) is 0. The Kier molecular flexibility index (Phi) is 3.36. The number of hydrogen-bond donors (Lipinski definition) is 1. The van der Waals surface area contributed by atoms with Crippen LogP contribution in [-0.4, -0.2) is 16.6 Å². The summed E-state index contributed by atoms with van der Waals surface area (Å²) in [6.07, 6.45) is 2.45. The van der Waals surface area contributed by atoms with Crippen molar-refractivity contribution < 1.29 is 4.74 Å². The lowest BCUT2D eigenvalue weighted by Gasteiger charge is -2.04. The van der Waals surface area contributed by atoms with Crippen LogP contribution in [0.2, 0.25) is 0 Å². The number of nitrogens with zero attached hydrogens (tertiary/aromatic N) is 2. The Balaban J connectivity index is 1.84.